The van der Waals surface area contributed by atoms with E-state index in [1.54, 1.807) is 11.8 Å². The molecule has 0 aliphatic carbocycles. The first kappa shape index (κ1) is 17.5. The first-order valence-corrected chi connectivity index (χ1v) is 9.46. The monoisotopic (exact) mass is 354 g/mol. The Bertz CT molecular complexity index is 885. The molecule has 0 fully saturated rings. The predicted molar refractivity (Wildman–Crippen MR) is 102 cm³/mol. The molecule has 0 amide bonds. The third kappa shape index (κ3) is 3.87. The van der Waals surface area contributed by atoms with Crippen LogP contribution in [0.15, 0.2) is 47.6 Å². The van der Waals surface area contributed by atoms with Crippen LogP contribution in [0.1, 0.15) is 35.3 Å². The molecule has 5 heteroatoms. The summed E-state index contributed by atoms with van der Waals surface area (Å²) in [5, 5.41) is 0.971. The molecule has 0 spiro atoms. The number of fused-ring (bicyclic) bond motifs is 1. The Kier molecular flexibility index (Phi) is 5.43. The maximum atomic E-state index is 11.9. The topological polar surface area (TPSA) is 44.1 Å². The van der Waals surface area contributed by atoms with Gasteiger partial charge in [0.05, 0.1) is 23.2 Å². The number of hydrogen-bond acceptors (Lipinski definition) is 4. The lowest BCUT2D eigenvalue weighted by molar-refractivity contribution is 0.0526. The second-order valence-corrected chi connectivity index (χ2v) is 6.78. The third-order valence-corrected chi connectivity index (χ3v) is 5.08. The fourth-order valence-corrected chi connectivity index (χ4v) is 3.73. The van der Waals surface area contributed by atoms with Crippen molar-refractivity contribution in [3.8, 4) is 0 Å². The Labute approximate surface area is 152 Å². The van der Waals surface area contributed by atoms with Gasteiger partial charge in [0, 0.05) is 12.3 Å². The van der Waals surface area contributed by atoms with E-state index in [-0.39, 0.29) is 5.97 Å². The van der Waals surface area contributed by atoms with Gasteiger partial charge in [0.25, 0.3) is 0 Å². The maximum Gasteiger partial charge on any atom is 0.338 e. The van der Waals surface area contributed by atoms with Crippen LogP contribution in [0, 0.1) is 6.92 Å². The van der Waals surface area contributed by atoms with Crippen molar-refractivity contribution in [2.24, 2.45) is 0 Å². The number of rotatable bonds is 6. The van der Waals surface area contributed by atoms with E-state index in [0.717, 1.165) is 28.5 Å². The number of esters is 1. The normalized spacial score (nSPS) is 11.0. The fourth-order valence-electron chi connectivity index (χ4n) is 2.70. The van der Waals surface area contributed by atoms with E-state index in [1.165, 1.54) is 11.1 Å². The molecule has 0 radical (unpaired) electrons. The molecule has 1 aromatic heterocycles. The summed E-state index contributed by atoms with van der Waals surface area (Å²) in [5.74, 6) is 0.568. The number of aryl methyl sites for hydroxylation is 2. The summed E-state index contributed by atoms with van der Waals surface area (Å²) in [7, 11) is 0. The van der Waals surface area contributed by atoms with Gasteiger partial charge < -0.3 is 9.30 Å². The fraction of sp³-hybridized carbons (Fsp3) is 0.300. The summed E-state index contributed by atoms with van der Waals surface area (Å²) in [6.07, 6.45) is 0. The Morgan fingerprint density at radius 3 is 2.60 bits per heavy atom. The van der Waals surface area contributed by atoms with Crippen molar-refractivity contribution in [3.05, 3.63) is 59.2 Å². The van der Waals surface area contributed by atoms with E-state index in [2.05, 4.69) is 42.7 Å². The van der Waals surface area contributed by atoms with Gasteiger partial charge in [-0.1, -0.05) is 41.6 Å². The molecule has 0 N–H and O–H groups in total. The number of aromatic nitrogens is 2. The molecule has 1 heterocycles. The number of carbonyl (C=O) groups excluding carboxylic acids is 1. The molecule has 4 nitrogen and oxygen atoms in total. The zero-order chi connectivity index (χ0) is 17.8. The molecule has 0 saturated carbocycles. The van der Waals surface area contributed by atoms with Crippen LogP contribution in [0.2, 0.25) is 0 Å². The van der Waals surface area contributed by atoms with Gasteiger partial charge in [0.15, 0.2) is 5.16 Å². The third-order valence-electron chi connectivity index (χ3n) is 4.03. The smallest absolute Gasteiger partial charge is 0.338 e. The second-order valence-electron chi connectivity index (χ2n) is 5.84. The minimum atomic E-state index is -0.302. The average Bonchev–Trinajstić information content (AvgIpc) is 2.98. The van der Waals surface area contributed by atoms with Crippen molar-refractivity contribution >= 4 is 28.8 Å². The largest absolute Gasteiger partial charge is 0.462 e. The summed E-state index contributed by atoms with van der Waals surface area (Å²) in [6, 6.07) is 14.1. The molecule has 0 unspecified atom stereocenters. The first-order valence-electron chi connectivity index (χ1n) is 8.48. The Balaban J connectivity index is 1.86. The van der Waals surface area contributed by atoms with E-state index in [4.69, 9.17) is 9.72 Å². The number of ether oxygens (including phenoxy) is 1. The molecule has 0 aliphatic rings. The van der Waals surface area contributed by atoms with Crippen molar-refractivity contribution in [3.63, 3.8) is 0 Å². The van der Waals surface area contributed by atoms with Crippen molar-refractivity contribution in [2.75, 3.05) is 6.61 Å². The van der Waals surface area contributed by atoms with Crippen LogP contribution in [0.25, 0.3) is 11.0 Å². The van der Waals surface area contributed by atoms with Gasteiger partial charge in [-0.3, -0.25) is 0 Å². The van der Waals surface area contributed by atoms with Crippen LogP contribution in [0.3, 0.4) is 0 Å². The maximum absolute atomic E-state index is 11.9. The molecular weight excluding hydrogens is 332 g/mol. The molecule has 130 valence electrons. The Morgan fingerprint density at radius 1 is 1.16 bits per heavy atom. The lowest BCUT2D eigenvalue weighted by Crippen LogP contribution is -2.04. The summed E-state index contributed by atoms with van der Waals surface area (Å²) < 4.78 is 7.26. The first-order chi connectivity index (χ1) is 12.1. The Morgan fingerprint density at radius 2 is 1.92 bits per heavy atom. The molecule has 2 aromatic carbocycles. The molecule has 25 heavy (non-hydrogen) atoms. The van der Waals surface area contributed by atoms with E-state index >= 15 is 0 Å². The van der Waals surface area contributed by atoms with Gasteiger partial charge in [-0.2, -0.15) is 0 Å². The molecule has 0 saturated heterocycles. The SMILES string of the molecule is CCOC(=O)c1ccc2c(c1)nc(SCc1ccc(C)cc1)n2CC. The molecule has 0 aliphatic heterocycles. The highest BCUT2D eigenvalue weighted by Gasteiger charge is 2.14. The van der Waals surface area contributed by atoms with Crippen molar-refractivity contribution in [1.82, 2.24) is 9.55 Å². The molecule has 0 atom stereocenters. The molecule has 3 rings (SSSR count). The van der Waals surface area contributed by atoms with Crippen molar-refractivity contribution in [2.45, 2.75) is 38.2 Å². The van der Waals surface area contributed by atoms with Crippen LogP contribution in [-0.4, -0.2) is 22.1 Å². The van der Waals surface area contributed by atoms with Crippen molar-refractivity contribution in [1.29, 1.82) is 0 Å². The Hall–Kier alpha value is -2.27. The molecule has 3 aromatic rings. The van der Waals surface area contributed by atoms with Crippen LogP contribution < -0.4 is 0 Å². The molecule has 0 bridgehead atoms. The zero-order valence-corrected chi connectivity index (χ0v) is 15.6. The van der Waals surface area contributed by atoms with Gasteiger partial charge in [-0.05, 0) is 44.5 Å². The minimum absolute atomic E-state index is 0.302. The summed E-state index contributed by atoms with van der Waals surface area (Å²) >= 11 is 1.72. The summed E-state index contributed by atoms with van der Waals surface area (Å²) in [6.45, 7) is 7.22. The summed E-state index contributed by atoms with van der Waals surface area (Å²) in [5.41, 5.74) is 4.96. The highest BCUT2D eigenvalue weighted by molar-refractivity contribution is 7.98. The minimum Gasteiger partial charge on any atom is -0.462 e. The van der Waals surface area contributed by atoms with Crippen LogP contribution in [0.4, 0.5) is 0 Å². The van der Waals surface area contributed by atoms with Gasteiger partial charge in [-0.15, -0.1) is 0 Å². The number of nitrogens with zero attached hydrogens (tertiary/aromatic N) is 2. The van der Waals surface area contributed by atoms with E-state index in [1.807, 2.05) is 25.1 Å². The van der Waals surface area contributed by atoms with E-state index < -0.39 is 0 Å². The van der Waals surface area contributed by atoms with Crippen LogP contribution in [0.5, 0.6) is 0 Å². The number of imidazole rings is 1. The lowest BCUT2D eigenvalue weighted by atomic mass is 10.2. The lowest BCUT2D eigenvalue weighted by Gasteiger charge is -2.06. The van der Waals surface area contributed by atoms with E-state index in [0.29, 0.717) is 12.2 Å². The van der Waals surface area contributed by atoms with Gasteiger partial charge in [0.1, 0.15) is 0 Å². The van der Waals surface area contributed by atoms with Gasteiger partial charge in [-0.25, -0.2) is 9.78 Å². The number of benzene rings is 2. The zero-order valence-electron chi connectivity index (χ0n) is 14.8. The highest BCUT2D eigenvalue weighted by atomic mass is 32.2. The van der Waals surface area contributed by atoms with Gasteiger partial charge in [0.2, 0.25) is 0 Å². The molecular formula is C20H22N2O2S. The van der Waals surface area contributed by atoms with Crippen molar-refractivity contribution < 1.29 is 9.53 Å². The quantitative estimate of drug-likeness (QED) is 0.470. The standard InChI is InChI=1S/C20H22N2O2S/c1-4-22-18-11-10-16(19(23)24-5-2)12-17(18)21-20(22)25-13-15-8-6-14(3)7-9-15/h6-12H,4-5,13H2,1-3H3. The average molecular weight is 354 g/mol. The number of carbonyl (C=O) groups is 1. The predicted octanol–water partition coefficient (Wildman–Crippen LogP) is 4.83. The number of thioether (sulfide) groups is 1. The van der Waals surface area contributed by atoms with Crippen LogP contribution in [-0.2, 0) is 17.0 Å². The highest BCUT2D eigenvalue weighted by Crippen LogP contribution is 2.27. The number of hydrogen-bond donors (Lipinski definition) is 0. The van der Waals surface area contributed by atoms with E-state index in [9.17, 15) is 4.79 Å². The van der Waals surface area contributed by atoms with Gasteiger partial charge >= 0.3 is 5.97 Å². The van der Waals surface area contributed by atoms with Crippen LogP contribution >= 0.6 is 11.8 Å². The second kappa shape index (κ2) is 7.74. The summed E-state index contributed by atoms with van der Waals surface area (Å²) in [4.78, 5) is 16.7.